The molecule has 1 aromatic rings. The van der Waals surface area contributed by atoms with Gasteiger partial charge in [-0.3, -0.25) is 4.79 Å². The normalized spacial score (nSPS) is 9.38. The van der Waals surface area contributed by atoms with Crippen LogP contribution in [-0.2, 0) is 4.79 Å². The second kappa shape index (κ2) is 9.19. The van der Waals surface area contributed by atoms with Crippen LogP contribution in [0.2, 0.25) is 5.02 Å². The van der Waals surface area contributed by atoms with Gasteiger partial charge in [-0.1, -0.05) is 39.0 Å². The minimum absolute atomic E-state index is 0.160. The number of carbonyl (C=O) groups is 2. The molecule has 0 radical (unpaired) electrons. The van der Waals surface area contributed by atoms with Gasteiger partial charge in [0.1, 0.15) is 5.75 Å². The van der Waals surface area contributed by atoms with Crippen LogP contribution >= 0.6 is 11.6 Å². The molecule has 1 aromatic carbocycles. The SMILES string of the molecule is C=C(CC)C(=O)c1ccc(OCC(=O)O)c(Cl)c1C.CC. The van der Waals surface area contributed by atoms with Crippen LogP contribution in [0.5, 0.6) is 5.75 Å². The lowest BCUT2D eigenvalue weighted by Gasteiger charge is -2.12. The molecule has 0 aliphatic carbocycles. The number of benzene rings is 1. The highest BCUT2D eigenvalue weighted by Gasteiger charge is 2.16. The summed E-state index contributed by atoms with van der Waals surface area (Å²) in [6.07, 6.45) is 0.563. The van der Waals surface area contributed by atoms with E-state index in [9.17, 15) is 9.59 Å². The molecule has 0 spiro atoms. The fourth-order valence-corrected chi connectivity index (χ4v) is 1.73. The van der Waals surface area contributed by atoms with Gasteiger partial charge in [-0.25, -0.2) is 4.79 Å². The van der Waals surface area contributed by atoms with E-state index in [-0.39, 0.29) is 16.6 Å². The van der Waals surface area contributed by atoms with Crippen LogP contribution in [0.15, 0.2) is 24.3 Å². The minimum atomic E-state index is -1.09. The van der Waals surface area contributed by atoms with Crippen molar-refractivity contribution in [3.63, 3.8) is 0 Å². The van der Waals surface area contributed by atoms with Crippen molar-refractivity contribution in [2.45, 2.75) is 34.1 Å². The number of aliphatic carboxylic acids is 1. The molecule has 21 heavy (non-hydrogen) atoms. The number of rotatable bonds is 6. The van der Waals surface area contributed by atoms with E-state index in [1.807, 2.05) is 20.8 Å². The molecule has 0 fully saturated rings. The number of Topliss-reactive ketones (excluding diaryl/α,β-unsaturated/α-hetero) is 1. The summed E-state index contributed by atoms with van der Waals surface area (Å²) in [6, 6.07) is 3.07. The molecule has 0 aromatic heterocycles. The summed E-state index contributed by atoms with van der Waals surface area (Å²) < 4.78 is 5.04. The van der Waals surface area contributed by atoms with Crippen LogP contribution in [-0.4, -0.2) is 23.5 Å². The summed E-state index contributed by atoms with van der Waals surface area (Å²) in [6.45, 7) is 10.8. The van der Waals surface area contributed by atoms with Crippen molar-refractivity contribution >= 4 is 23.4 Å². The first-order valence-electron chi connectivity index (χ1n) is 6.74. The van der Waals surface area contributed by atoms with Crippen LogP contribution < -0.4 is 4.74 Å². The number of hydrogen-bond acceptors (Lipinski definition) is 3. The smallest absolute Gasteiger partial charge is 0.341 e. The molecule has 0 amide bonds. The average Bonchev–Trinajstić information content (AvgIpc) is 2.49. The van der Waals surface area contributed by atoms with E-state index in [1.165, 1.54) is 6.07 Å². The first kappa shape index (κ1) is 19.2. The van der Waals surface area contributed by atoms with Gasteiger partial charge in [-0.2, -0.15) is 0 Å². The highest BCUT2D eigenvalue weighted by molar-refractivity contribution is 6.33. The third-order valence-corrected chi connectivity index (χ3v) is 3.16. The van der Waals surface area contributed by atoms with E-state index in [1.54, 1.807) is 13.0 Å². The zero-order valence-electron chi connectivity index (χ0n) is 12.8. The molecular formula is C16H21ClO4. The molecule has 0 bridgehead atoms. The quantitative estimate of drug-likeness (QED) is 0.628. The Morgan fingerprint density at radius 1 is 1.33 bits per heavy atom. The van der Waals surface area contributed by atoms with Gasteiger partial charge in [0, 0.05) is 5.56 Å². The van der Waals surface area contributed by atoms with Gasteiger partial charge in [-0.15, -0.1) is 0 Å². The number of ether oxygens (including phenoxy) is 1. The van der Waals surface area contributed by atoms with Crippen molar-refractivity contribution in [1.82, 2.24) is 0 Å². The Balaban J connectivity index is 0.00000191. The molecule has 0 saturated carbocycles. The van der Waals surface area contributed by atoms with Gasteiger partial charge in [0.05, 0.1) is 5.02 Å². The summed E-state index contributed by atoms with van der Waals surface area (Å²) in [5.74, 6) is -1.000. The number of hydrogen-bond donors (Lipinski definition) is 1. The highest BCUT2D eigenvalue weighted by atomic mass is 35.5. The maximum Gasteiger partial charge on any atom is 0.341 e. The number of carboxylic acid groups (broad SMARTS) is 1. The maximum absolute atomic E-state index is 12.0. The molecule has 1 N–H and O–H groups in total. The molecule has 4 nitrogen and oxygen atoms in total. The second-order valence-corrected chi connectivity index (χ2v) is 4.40. The molecule has 0 aliphatic heterocycles. The zero-order valence-corrected chi connectivity index (χ0v) is 13.6. The zero-order chi connectivity index (χ0) is 16.6. The molecule has 0 heterocycles. The van der Waals surface area contributed by atoms with Crippen LogP contribution in [0.25, 0.3) is 0 Å². The largest absolute Gasteiger partial charge is 0.480 e. The Labute approximate surface area is 130 Å². The van der Waals surface area contributed by atoms with E-state index < -0.39 is 12.6 Å². The highest BCUT2D eigenvalue weighted by Crippen LogP contribution is 2.31. The maximum atomic E-state index is 12.0. The number of carboxylic acids is 1. The molecule has 0 unspecified atom stereocenters. The number of allylic oxidation sites excluding steroid dienone is 1. The van der Waals surface area contributed by atoms with Crippen molar-refractivity contribution in [3.8, 4) is 5.75 Å². The fraction of sp³-hybridized carbons (Fsp3) is 0.375. The van der Waals surface area contributed by atoms with Crippen molar-refractivity contribution < 1.29 is 19.4 Å². The molecular weight excluding hydrogens is 292 g/mol. The molecule has 116 valence electrons. The summed E-state index contributed by atoms with van der Waals surface area (Å²) in [7, 11) is 0. The average molecular weight is 313 g/mol. The lowest BCUT2D eigenvalue weighted by molar-refractivity contribution is -0.139. The van der Waals surface area contributed by atoms with Gasteiger partial charge in [-0.05, 0) is 36.6 Å². The van der Waals surface area contributed by atoms with Gasteiger partial charge < -0.3 is 9.84 Å². The third-order valence-electron chi connectivity index (χ3n) is 2.69. The molecule has 0 saturated heterocycles. The molecule has 1 rings (SSSR count). The van der Waals surface area contributed by atoms with E-state index in [0.717, 1.165) is 0 Å². The summed E-state index contributed by atoms with van der Waals surface area (Å²) in [5.41, 5.74) is 1.52. The van der Waals surface area contributed by atoms with Crippen molar-refractivity contribution in [2.24, 2.45) is 0 Å². The van der Waals surface area contributed by atoms with E-state index >= 15 is 0 Å². The Bertz CT molecular complexity index is 535. The summed E-state index contributed by atoms with van der Waals surface area (Å²) in [4.78, 5) is 22.5. The first-order chi connectivity index (χ1) is 9.88. The van der Waals surface area contributed by atoms with E-state index in [2.05, 4.69) is 6.58 Å². The van der Waals surface area contributed by atoms with Crippen LogP contribution in [0.4, 0.5) is 0 Å². The van der Waals surface area contributed by atoms with Gasteiger partial charge in [0.25, 0.3) is 0 Å². The molecule has 0 atom stereocenters. The number of ketones is 1. The minimum Gasteiger partial charge on any atom is -0.480 e. The van der Waals surface area contributed by atoms with Crippen LogP contribution in [0.3, 0.4) is 0 Å². The Kier molecular flexibility index (Phi) is 8.39. The Hall–Kier alpha value is -1.81. The summed E-state index contributed by atoms with van der Waals surface area (Å²) >= 11 is 6.07. The van der Waals surface area contributed by atoms with Gasteiger partial charge in [0.15, 0.2) is 12.4 Å². The van der Waals surface area contributed by atoms with E-state index in [4.69, 9.17) is 21.4 Å². The molecule has 0 aliphatic rings. The second-order valence-electron chi connectivity index (χ2n) is 4.02. The molecule has 5 heteroatoms. The number of halogens is 1. The third kappa shape index (κ3) is 5.23. The van der Waals surface area contributed by atoms with Gasteiger partial charge >= 0.3 is 5.97 Å². The lowest BCUT2D eigenvalue weighted by Crippen LogP contribution is -2.11. The standard InChI is InChI=1S/C14H15ClO4.C2H6/c1-4-8(2)14(18)10-5-6-11(13(15)9(10)3)19-7-12(16)17;1-2/h5-6H,2,4,7H2,1,3H3,(H,16,17);1-2H3. The van der Waals surface area contributed by atoms with E-state index in [0.29, 0.717) is 23.1 Å². The monoisotopic (exact) mass is 312 g/mol. The van der Waals surface area contributed by atoms with Gasteiger partial charge in [0.2, 0.25) is 0 Å². The number of carbonyl (C=O) groups excluding carboxylic acids is 1. The van der Waals surface area contributed by atoms with Crippen LogP contribution in [0, 0.1) is 6.92 Å². The Morgan fingerprint density at radius 3 is 2.38 bits per heavy atom. The first-order valence-corrected chi connectivity index (χ1v) is 7.12. The van der Waals surface area contributed by atoms with Crippen molar-refractivity contribution in [1.29, 1.82) is 0 Å². The predicted octanol–water partition coefficient (Wildman–Crippen LogP) is 4.29. The predicted molar refractivity (Wildman–Crippen MR) is 84.4 cm³/mol. The lowest BCUT2D eigenvalue weighted by atomic mass is 9.98. The Morgan fingerprint density at radius 2 is 1.90 bits per heavy atom. The summed E-state index contributed by atoms with van der Waals surface area (Å²) in [5, 5.41) is 8.80. The van der Waals surface area contributed by atoms with Crippen molar-refractivity contribution in [3.05, 3.63) is 40.4 Å². The topological polar surface area (TPSA) is 63.6 Å². The fourth-order valence-electron chi connectivity index (χ4n) is 1.51. The van der Waals surface area contributed by atoms with Crippen LogP contribution in [0.1, 0.15) is 43.1 Å². The van der Waals surface area contributed by atoms with Crippen molar-refractivity contribution in [2.75, 3.05) is 6.61 Å².